The van der Waals surface area contributed by atoms with Gasteiger partial charge in [0.15, 0.2) is 6.29 Å². The fraction of sp³-hybridized carbons (Fsp3) is 0.700. The van der Waals surface area contributed by atoms with Crippen LogP contribution in [-0.4, -0.2) is 30.5 Å². The van der Waals surface area contributed by atoms with E-state index in [0.29, 0.717) is 36.0 Å². The van der Waals surface area contributed by atoms with Gasteiger partial charge in [-0.3, -0.25) is 0 Å². The number of nitriles is 1. The van der Waals surface area contributed by atoms with Crippen LogP contribution in [0.2, 0.25) is 0 Å². The van der Waals surface area contributed by atoms with Crippen molar-refractivity contribution >= 4 is 5.82 Å². The van der Waals surface area contributed by atoms with E-state index in [9.17, 15) is 9.65 Å². The SMILES string of the molecule is N#Cc1cc(F)c(CCOC2CCCCO2)nc1NC1CC2(CCC2)C1. The highest BCUT2D eigenvalue weighted by Gasteiger charge is 2.48. The zero-order valence-electron chi connectivity index (χ0n) is 15.1. The number of nitrogens with one attached hydrogen (secondary N) is 1. The third kappa shape index (κ3) is 3.70. The second-order valence-corrected chi connectivity index (χ2v) is 7.94. The first kappa shape index (κ1) is 17.7. The van der Waals surface area contributed by atoms with Crippen LogP contribution in [0, 0.1) is 22.6 Å². The highest BCUT2D eigenvalue weighted by Crippen LogP contribution is 2.56. The lowest BCUT2D eigenvalue weighted by molar-refractivity contribution is -0.161. The molecular formula is C20H26FN3O2. The Morgan fingerprint density at radius 3 is 2.85 bits per heavy atom. The summed E-state index contributed by atoms with van der Waals surface area (Å²) in [5, 5.41) is 12.7. The van der Waals surface area contributed by atoms with Gasteiger partial charge in [0.05, 0.1) is 17.9 Å². The first-order valence-electron chi connectivity index (χ1n) is 9.77. The first-order valence-corrected chi connectivity index (χ1v) is 9.77. The van der Waals surface area contributed by atoms with E-state index in [4.69, 9.17) is 9.47 Å². The maximum Gasteiger partial charge on any atom is 0.157 e. The molecule has 26 heavy (non-hydrogen) atoms. The van der Waals surface area contributed by atoms with Crippen molar-refractivity contribution in [2.45, 2.75) is 70.1 Å². The molecule has 1 atom stereocenters. The number of aromatic nitrogens is 1. The lowest BCUT2D eigenvalue weighted by atomic mass is 9.54. The van der Waals surface area contributed by atoms with Gasteiger partial charge in [0.25, 0.3) is 0 Å². The van der Waals surface area contributed by atoms with Gasteiger partial charge in [-0.15, -0.1) is 0 Å². The van der Waals surface area contributed by atoms with Crippen LogP contribution in [0.15, 0.2) is 6.07 Å². The molecule has 0 radical (unpaired) electrons. The predicted octanol–water partition coefficient (Wildman–Crippen LogP) is 3.92. The quantitative estimate of drug-likeness (QED) is 0.834. The van der Waals surface area contributed by atoms with E-state index >= 15 is 0 Å². The monoisotopic (exact) mass is 359 g/mol. The number of pyridine rings is 1. The number of nitrogens with zero attached hydrogens (tertiary/aromatic N) is 2. The Morgan fingerprint density at radius 2 is 2.19 bits per heavy atom. The summed E-state index contributed by atoms with van der Waals surface area (Å²) in [5.74, 6) is 0.0707. The summed E-state index contributed by atoms with van der Waals surface area (Å²) in [6.07, 6.45) is 9.49. The van der Waals surface area contributed by atoms with E-state index in [1.807, 2.05) is 0 Å². The Bertz CT molecular complexity index is 685. The zero-order valence-corrected chi connectivity index (χ0v) is 15.1. The van der Waals surface area contributed by atoms with E-state index in [2.05, 4.69) is 16.4 Å². The van der Waals surface area contributed by atoms with Crippen molar-refractivity contribution in [1.29, 1.82) is 5.26 Å². The van der Waals surface area contributed by atoms with Crippen molar-refractivity contribution < 1.29 is 13.9 Å². The minimum Gasteiger partial charge on any atom is -0.366 e. The maximum absolute atomic E-state index is 14.3. The molecule has 6 heteroatoms. The molecule has 1 aromatic rings. The second kappa shape index (κ2) is 7.50. The molecule has 1 unspecified atom stereocenters. The van der Waals surface area contributed by atoms with Crippen LogP contribution in [0.1, 0.15) is 62.6 Å². The average molecular weight is 359 g/mol. The highest BCUT2D eigenvalue weighted by molar-refractivity contribution is 5.53. The van der Waals surface area contributed by atoms with Crippen molar-refractivity contribution in [2.75, 3.05) is 18.5 Å². The van der Waals surface area contributed by atoms with E-state index in [0.717, 1.165) is 38.7 Å². The topological polar surface area (TPSA) is 67.2 Å². The predicted molar refractivity (Wildman–Crippen MR) is 95.1 cm³/mol. The summed E-state index contributed by atoms with van der Waals surface area (Å²) < 4.78 is 25.5. The Kier molecular flexibility index (Phi) is 5.10. The molecule has 0 aromatic carbocycles. The number of anilines is 1. The molecule has 1 spiro atoms. The minimum absolute atomic E-state index is 0.184. The second-order valence-electron chi connectivity index (χ2n) is 7.94. The van der Waals surface area contributed by atoms with Crippen molar-refractivity contribution in [3.63, 3.8) is 0 Å². The smallest absolute Gasteiger partial charge is 0.157 e. The molecule has 1 aliphatic heterocycles. The number of hydrogen-bond donors (Lipinski definition) is 1. The van der Waals surface area contributed by atoms with Gasteiger partial charge in [-0.05, 0) is 56.4 Å². The van der Waals surface area contributed by atoms with Gasteiger partial charge < -0.3 is 14.8 Å². The minimum atomic E-state index is -0.440. The first-order chi connectivity index (χ1) is 12.7. The van der Waals surface area contributed by atoms with Crippen LogP contribution >= 0.6 is 0 Å². The molecule has 2 saturated carbocycles. The summed E-state index contributed by atoms with van der Waals surface area (Å²) in [4.78, 5) is 4.41. The molecule has 1 N–H and O–H groups in total. The Labute approximate surface area is 153 Å². The molecule has 3 fully saturated rings. The normalized spacial score (nSPS) is 24.5. The molecule has 1 saturated heterocycles. The lowest BCUT2D eigenvalue weighted by Crippen LogP contribution is -2.49. The number of halogens is 1. The Hall–Kier alpha value is -1.71. The van der Waals surface area contributed by atoms with Crippen molar-refractivity contribution in [1.82, 2.24) is 4.98 Å². The fourth-order valence-corrected chi connectivity index (χ4v) is 4.39. The van der Waals surface area contributed by atoms with Crippen LogP contribution in [0.5, 0.6) is 0 Å². The summed E-state index contributed by atoms with van der Waals surface area (Å²) in [5.41, 5.74) is 1.17. The van der Waals surface area contributed by atoms with E-state index in [1.54, 1.807) is 0 Å². The van der Waals surface area contributed by atoms with Crippen LogP contribution in [0.25, 0.3) is 0 Å². The third-order valence-electron chi connectivity index (χ3n) is 6.06. The molecule has 0 bridgehead atoms. The van der Waals surface area contributed by atoms with Gasteiger partial charge >= 0.3 is 0 Å². The van der Waals surface area contributed by atoms with Crippen molar-refractivity contribution in [3.05, 3.63) is 23.1 Å². The highest BCUT2D eigenvalue weighted by atomic mass is 19.1. The van der Waals surface area contributed by atoms with Crippen LogP contribution < -0.4 is 5.32 Å². The lowest BCUT2D eigenvalue weighted by Gasteiger charge is -2.54. The van der Waals surface area contributed by atoms with Gasteiger partial charge in [-0.2, -0.15) is 5.26 Å². The zero-order chi connectivity index (χ0) is 18.0. The standard InChI is InChI=1S/C20H26FN3O2/c21-16-10-14(13-22)19(23-15-11-20(12-15)6-3-7-20)24-17(16)5-9-26-18-4-1-2-8-25-18/h10,15,18H,1-9,11-12H2,(H,23,24). The largest absolute Gasteiger partial charge is 0.366 e. The molecule has 1 aromatic heterocycles. The molecule has 2 heterocycles. The van der Waals surface area contributed by atoms with Crippen LogP contribution in [0.4, 0.5) is 10.2 Å². The molecule has 140 valence electrons. The van der Waals surface area contributed by atoms with Crippen LogP contribution in [0.3, 0.4) is 0 Å². The Morgan fingerprint density at radius 1 is 1.35 bits per heavy atom. The van der Waals surface area contributed by atoms with Gasteiger partial charge in [0, 0.05) is 19.1 Å². The summed E-state index contributed by atoms with van der Waals surface area (Å²) >= 11 is 0. The fourth-order valence-electron chi connectivity index (χ4n) is 4.39. The van der Waals surface area contributed by atoms with Crippen molar-refractivity contribution in [3.8, 4) is 6.07 Å². The number of rotatable bonds is 6. The molecule has 3 aliphatic rings. The molecule has 5 nitrogen and oxygen atoms in total. The van der Waals surface area contributed by atoms with Gasteiger partial charge in [-0.1, -0.05) is 6.42 Å². The number of ether oxygens (including phenoxy) is 2. The van der Waals surface area contributed by atoms with Crippen molar-refractivity contribution in [2.24, 2.45) is 5.41 Å². The van der Waals surface area contributed by atoms with E-state index in [-0.39, 0.29) is 11.9 Å². The van der Waals surface area contributed by atoms with Gasteiger partial charge in [0.2, 0.25) is 0 Å². The molecular weight excluding hydrogens is 333 g/mol. The maximum atomic E-state index is 14.3. The van der Waals surface area contributed by atoms with Gasteiger partial charge in [0.1, 0.15) is 17.7 Å². The summed E-state index contributed by atoms with van der Waals surface area (Å²) in [6, 6.07) is 3.70. The number of hydrogen-bond acceptors (Lipinski definition) is 5. The Balaban J connectivity index is 1.36. The molecule has 0 amide bonds. The molecule has 2 aliphatic carbocycles. The van der Waals surface area contributed by atoms with Gasteiger partial charge in [-0.25, -0.2) is 9.37 Å². The average Bonchev–Trinajstić information content (AvgIpc) is 2.59. The summed E-state index contributed by atoms with van der Waals surface area (Å²) in [7, 11) is 0. The van der Waals surface area contributed by atoms with Crippen LogP contribution in [-0.2, 0) is 15.9 Å². The van der Waals surface area contributed by atoms with E-state index < -0.39 is 5.82 Å². The third-order valence-corrected chi connectivity index (χ3v) is 6.06. The van der Waals surface area contributed by atoms with E-state index in [1.165, 1.54) is 25.3 Å². The molecule has 4 rings (SSSR count). The summed E-state index contributed by atoms with van der Waals surface area (Å²) in [6.45, 7) is 1.09.